The van der Waals surface area contributed by atoms with Gasteiger partial charge in [0.15, 0.2) is 11.5 Å². The second-order valence-corrected chi connectivity index (χ2v) is 9.92. The van der Waals surface area contributed by atoms with E-state index in [-0.39, 0.29) is 17.4 Å². The van der Waals surface area contributed by atoms with Crippen molar-refractivity contribution >= 4 is 16.7 Å². The van der Waals surface area contributed by atoms with Gasteiger partial charge < -0.3 is 23.8 Å². The lowest BCUT2D eigenvalue weighted by Crippen LogP contribution is -2.44. The highest BCUT2D eigenvalue weighted by Crippen LogP contribution is 2.33. The highest BCUT2D eigenvalue weighted by Gasteiger charge is 2.34. The first kappa shape index (κ1) is 23.6. The average Bonchev–Trinajstić information content (AvgIpc) is 3.38. The van der Waals surface area contributed by atoms with Gasteiger partial charge in [-0.2, -0.15) is 0 Å². The fraction of sp³-hybridized carbons (Fsp3) is 0.414. The molecule has 2 fully saturated rings. The van der Waals surface area contributed by atoms with Gasteiger partial charge in [-0.25, -0.2) is 0 Å². The Kier molecular flexibility index (Phi) is 6.93. The van der Waals surface area contributed by atoms with E-state index in [2.05, 4.69) is 6.92 Å². The molecule has 0 spiro atoms. The van der Waals surface area contributed by atoms with Crippen molar-refractivity contribution < 1.29 is 23.7 Å². The monoisotopic (exact) mass is 475 g/mol. The van der Waals surface area contributed by atoms with Gasteiger partial charge in [0.05, 0.1) is 33.0 Å². The first-order valence-electron chi connectivity index (χ1n) is 12.3. The average molecular weight is 476 g/mol. The molecule has 6 heteroatoms. The van der Waals surface area contributed by atoms with Crippen molar-refractivity contribution in [3.05, 3.63) is 71.8 Å². The van der Waals surface area contributed by atoms with Crippen molar-refractivity contribution in [3.8, 4) is 11.5 Å². The molecule has 2 aliphatic rings. The lowest BCUT2D eigenvalue weighted by molar-refractivity contribution is -0.120. The number of hydrogen-bond acceptors (Lipinski definition) is 5. The number of rotatable bonds is 9. The van der Waals surface area contributed by atoms with Gasteiger partial charge in [-0.1, -0.05) is 49.4 Å². The van der Waals surface area contributed by atoms with Gasteiger partial charge in [0, 0.05) is 30.7 Å². The normalized spacial score (nSPS) is 18.7. The molecule has 0 bridgehead atoms. The van der Waals surface area contributed by atoms with E-state index in [0.29, 0.717) is 50.0 Å². The molecule has 2 saturated heterocycles. The summed E-state index contributed by atoms with van der Waals surface area (Å²) < 4.78 is 23.0. The van der Waals surface area contributed by atoms with Gasteiger partial charge in [-0.3, -0.25) is 4.79 Å². The zero-order valence-electron chi connectivity index (χ0n) is 20.5. The number of hydrogen-bond donors (Lipinski definition) is 0. The fourth-order valence-electron chi connectivity index (χ4n) is 4.77. The molecular weight excluding hydrogens is 442 g/mol. The lowest BCUT2D eigenvalue weighted by Gasteiger charge is -2.37. The van der Waals surface area contributed by atoms with Crippen LogP contribution in [-0.2, 0) is 16.0 Å². The van der Waals surface area contributed by atoms with Crippen LogP contribution in [0.3, 0.4) is 0 Å². The lowest BCUT2D eigenvalue weighted by atomic mass is 9.90. The van der Waals surface area contributed by atoms with E-state index in [9.17, 15) is 4.79 Å². The van der Waals surface area contributed by atoms with E-state index < -0.39 is 0 Å². The first-order valence-corrected chi connectivity index (χ1v) is 12.3. The molecule has 0 aromatic heterocycles. The molecule has 0 radical (unpaired) electrons. The number of methoxy groups -OCH3 is 1. The topological polar surface area (TPSA) is 57.2 Å². The number of amides is 1. The summed E-state index contributed by atoms with van der Waals surface area (Å²) in [5.41, 5.74) is 1.73. The van der Waals surface area contributed by atoms with Gasteiger partial charge in [0.25, 0.3) is 5.91 Å². The summed E-state index contributed by atoms with van der Waals surface area (Å²) in [6.07, 6.45) is 2.06. The molecule has 1 atom stereocenters. The molecule has 0 saturated carbocycles. The Hall–Kier alpha value is -3.09. The van der Waals surface area contributed by atoms with Crippen LogP contribution < -0.4 is 9.47 Å². The summed E-state index contributed by atoms with van der Waals surface area (Å²) in [6.45, 7) is 5.88. The predicted octanol–water partition coefficient (Wildman–Crippen LogP) is 5.09. The highest BCUT2D eigenvalue weighted by atomic mass is 16.5. The molecule has 0 aliphatic carbocycles. The third kappa shape index (κ3) is 5.29. The molecule has 3 aromatic carbocycles. The second-order valence-electron chi connectivity index (χ2n) is 9.92. The zero-order valence-corrected chi connectivity index (χ0v) is 20.5. The van der Waals surface area contributed by atoms with E-state index in [1.165, 1.54) is 0 Å². The molecule has 2 heterocycles. The molecule has 184 valence electrons. The first-order chi connectivity index (χ1) is 17.0. The maximum atomic E-state index is 13.9. The van der Waals surface area contributed by atoms with E-state index in [0.717, 1.165) is 35.8 Å². The maximum absolute atomic E-state index is 13.9. The van der Waals surface area contributed by atoms with Crippen LogP contribution in [0.15, 0.2) is 60.7 Å². The molecular formula is C29H33NO5. The van der Waals surface area contributed by atoms with Crippen LogP contribution >= 0.6 is 0 Å². The number of ether oxygens (including phenoxy) is 4. The quantitative estimate of drug-likeness (QED) is 0.432. The van der Waals surface area contributed by atoms with Crippen molar-refractivity contribution in [1.29, 1.82) is 0 Å². The maximum Gasteiger partial charge on any atom is 0.254 e. The van der Waals surface area contributed by atoms with E-state index >= 15 is 0 Å². The van der Waals surface area contributed by atoms with Crippen molar-refractivity contribution in [2.24, 2.45) is 5.41 Å². The fourth-order valence-corrected chi connectivity index (χ4v) is 4.77. The molecule has 0 N–H and O–H groups in total. The summed E-state index contributed by atoms with van der Waals surface area (Å²) >= 11 is 0. The van der Waals surface area contributed by atoms with Crippen LogP contribution in [0.2, 0.25) is 0 Å². The Bertz CT molecular complexity index is 1180. The zero-order chi connectivity index (χ0) is 24.3. The summed E-state index contributed by atoms with van der Waals surface area (Å²) in [4.78, 5) is 15.8. The van der Waals surface area contributed by atoms with Crippen molar-refractivity contribution in [3.63, 3.8) is 0 Å². The van der Waals surface area contributed by atoms with Crippen LogP contribution in [0.4, 0.5) is 0 Å². The Balaban J connectivity index is 1.41. The van der Waals surface area contributed by atoms with E-state index in [4.69, 9.17) is 18.9 Å². The van der Waals surface area contributed by atoms with Gasteiger partial charge in [0.2, 0.25) is 0 Å². The van der Waals surface area contributed by atoms with Crippen LogP contribution in [0.25, 0.3) is 10.8 Å². The van der Waals surface area contributed by atoms with Gasteiger partial charge in [-0.15, -0.1) is 0 Å². The molecule has 3 aromatic rings. The van der Waals surface area contributed by atoms with Gasteiger partial charge >= 0.3 is 0 Å². The van der Waals surface area contributed by atoms with Crippen LogP contribution in [0, 0.1) is 5.41 Å². The summed E-state index contributed by atoms with van der Waals surface area (Å²) in [6, 6.07) is 19.8. The van der Waals surface area contributed by atoms with Crippen LogP contribution in [-0.4, -0.2) is 57.0 Å². The van der Waals surface area contributed by atoms with E-state index in [1.54, 1.807) is 7.11 Å². The summed E-state index contributed by atoms with van der Waals surface area (Å²) in [5.74, 6) is 1.38. The molecule has 5 rings (SSSR count). The van der Waals surface area contributed by atoms with Crippen molar-refractivity contribution in [2.75, 3.05) is 40.1 Å². The Morgan fingerprint density at radius 3 is 2.66 bits per heavy atom. The minimum Gasteiger partial charge on any atom is -0.493 e. The number of carbonyl (C=O) groups is 1. The van der Waals surface area contributed by atoms with Crippen LogP contribution in [0.1, 0.15) is 35.7 Å². The van der Waals surface area contributed by atoms with Gasteiger partial charge in [-0.05, 0) is 47.4 Å². The standard InChI is InChI=1S/C29H33NO5/c1-29(18-33-19-29)20-35-27-15-21(12-13-26(27)32-2)16-30(17-23-9-6-14-34-23)28(31)25-11-5-8-22-7-3-4-10-24(22)25/h3-5,7-8,10-13,15,23H,6,9,14,16-20H2,1-2H3/t23-/m1/s1. The van der Waals surface area contributed by atoms with Gasteiger partial charge in [0.1, 0.15) is 0 Å². The minimum atomic E-state index is 0.00899. The predicted molar refractivity (Wildman–Crippen MR) is 135 cm³/mol. The Morgan fingerprint density at radius 2 is 1.91 bits per heavy atom. The molecule has 1 amide bonds. The number of benzene rings is 3. The molecule has 6 nitrogen and oxygen atoms in total. The van der Waals surface area contributed by atoms with Crippen molar-refractivity contribution in [2.45, 2.75) is 32.4 Å². The second kappa shape index (κ2) is 10.3. The highest BCUT2D eigenvalue weighted by molar-refractivity contribution is 6.07. The summed E-state index contributed by atoms with van der Waals surface area (Å²) in [7, 11) is 1.64. The minimum absolute atomic E-state index is 0.00899. The summed E-state index contributed by atoms with van der Waals surface area (Å²) in [5, 5.41) is 2.02. The number of carbonyl (C=O) groups excluding carboxylic acids is 1. The smallest absolute Gasteiger partial charge is 0.254 e. The number of nitrogens with zero attached hydrogens (tertiary/aromatic N) is 1. The molecule has 2 aliphatic heterocycles. The number of fused-ring (bicyclic) bond motifs is 1. The van der Waals surface area contributed by atoms with Crippen LogP contribution in [0.5, 0.6) is 11.5 Å². The SMILES string of the molecule is COc1ccc(CN(C[C@H]2CCCO2)C(=O)c2cccc3ccccc23)cc1OCC1(C)COC1. The Labute approximate surface area is 206 Å². The Morgan fingerprint density at radius 1 is 1.09 bits per heavy atom. The largest absolute Gasteiger partial charge is 0.493 e. The molecule has 0 unspecified atom stereocenters. The van der Waals surface area contributed by atoms with Crippen molar-refractivity contribution in [1.82, 2.24) is 4.90 Å². The third-order valence-electron chi connectivity index (χ3n) is 6.83. The molecule has 35 heavy (non-hydrogen) atoms. The van der Waals surface area contributed by atoms with E-state index in [1.807, 2.05) is 65.6 Å². The third-order valence-corrected chi connectivity index (χ3v) is 6.83.